The quantitative estimate of drug-likeness (QED) is 0.382. The molecule has 0 spiro atoms. The molecule has 186 valence electrons. The second-order valence-corrected chi connectivity index (χ2v) is 11.1. The van der Waals surface area contributed by atoms with E-state index in [9.17, 15) is 12.8 Å². The van der Waals surface area contributed by atoms with Gasteiger partial charge in [0.2, 0.25) is 10.0 Å². The molecular formula is C28H29FN4O2S. The molecule has 36 heavy (non-hydrogen) atoms. The highest BCUT2D eigenvalue weighted by atomic mass is 32.2. The fraction of sp³-hybridized carbons (Fsp3) is 0.250. The average molecular weight is 505 g/mol. The third-order valence-corrected chi connectivity index (χ3v) is 8.48. The molecule has 3 aromatic carbocycles. The lowest BCUT2D eigenvalue weighted by atomic mass is 10.0. The summed E-state index contributed by atoms with van der Waals surface area (Å²) in [4.78, 5) is 10.2. The van der Waals surface area contributed by atoms with Crippen LogP contribution in [-0.4, -0.2) is 35.3 Å². The minimum absolute atomic E-state index is 0.0962. The standard InChI is InChI=1S/C28H29FN4O2S/c1-21-30-17-25(31-21)19-33-26(14-11-22-7-3-2-4-8-22)20-32(18-23-9-5-6-10-28(23)33)36(34,35)27-15-12-24(29)13-16-27/h2-10,12-13,15-17,26H,11,14,18-20H2,1H3,(H,30,31). The monoisotopic (exact) mass is 504 g/mol. The molecule has 4 aromatic rings. The number of anilines is 1. The number of rotatable bonds is 7. The van der Waals surface area contributed by atoms with Crippen molar-refractivity contribution in [1.29, 1.82) is 0 Å². The van der Waals surface area contributed by atoms with Crippen LogP contribution < -0.4 is 4.90 Å². The fourth-order valence-corrected chi connectivity index (χ4v) is 6.27. The molecule has 1 aliphatic rings. The number of hydrogen-bond donors (Lipinski definition) is 1. The third-order valence-electron chi connectivity index (χ3n) is 6.65. The maximum atomic E-state index is 13.7. The number of halogens is 1. The van der Waals surface area contributed by atoms with Gasteiger partial charge in [0.15, 0.2) is 0 Å². The Morgan fingerprint density at radius 1 is 1.00 bits per heavy atom. The molecule has 1 atom stereocenters. The Bertz CT molecular complexity index is 1420. The van der Waals surface area contributed by atoms with E-state index in [1.807, 2.05) is 49.5 Å². The smallest absolute Gasteiger partial charge is 0.243 e. The van der Waals surface area contributed by atoms with Gasteiger partial charge in [-0.15, -0.1) is 0 Å². The summed E-state index contributed by atoms with van der Waals surface area (Å²) in [6.07, 6.45) is 3.48. The molecule has 6 nitrogen and oxygen atoms in total. The molecule has 1 N–H and O–H groups in total. The Kier molecular flexibility index (Phi) is 6.89. The topological polar surface area (TPSA) is 69.3 Å². The first-order valence-corrected chi connectivity index (χ1v) is 13.5. The number of fused-ring (bicyclic) bond motifs is 1. The number of aromatic nitrogens is 2. The van der Waals surface area contributed by atoms with Gasteiger partial charge in [0.25, 0.3) is 0 Å². The van der Waals surface area contributed by atoms with Gasteiger partial charge >= 0.3 is 0 Å². The van der Waals surface area contributed by atoms with Crippen molar-refractivity contribution >= 4 is 15.7 Å². The number of H-pyrrole nitrogens is 1. The van der Waals surface area contributed by atoms with Crippen LogP contribution in [0.1, 0.15) is 29.1 Å². The number of hydrogen-bond acceptors (Lipinski definition) is 4. The number of aromatic amines is 1. The van der Waals surface area contributed by atoms with Crippen LogP contribution in [0.4, 0.5) is 10.1 Å². The maximum absolute atomic E-state index is 13.7. The number of nitrogens with one attached hydrogen (secondary N) is 1. The summed E-state index contributed by atoms with van der Waals surface area (Å²) in [5.41, 5.74) is 4.05. The van der Waals surface area contributed by atoms with Crippen LogP contribution >= 0.6 is 0 Å². The minimum atomic E-state index is -3.83. The summed E-state index contributed by atoms with van der Waals surface area (Å²) in [6, 6.07) is 23.1. The summed E-state index contributed by atoms with van der Waals surface area (Å²) < 4.78 is 42.5. The van der Waals surface area contributed by atoms with Crippen LogP contribution in [0.2, 0.25) is 0 Å². The summed E-state index contributed by atoms with van der Waals surface area (Å²) >= 11 is 0. The average Bonchev–Trinajstić information content (AvgIpc) is 3.22. The number of benzene rings is 3. The van der Waals surface area contributed by atoms with Crippen molar-refractivity contribution in [2.45, 2.75) is 43.8 Å². The molecule has 0 saturated carbocycles. The van der Waals surface area contributed by atoms with Gasteiger partial charge < -0.3 is 9.88 Å². The molecule has 0 aliphatic carbocycles. The Hall–Kier alpha value is -3.49. The van der Waals surface area contributed by atoms with E-state index < -0.39 is 15.8 Å². The van der Waals surface area contributed by atoms with Gasteiger partial charge in [-0.2, -0.15) is 4.31 Å². The van der Waals surface area contributed by atoms with E-state index >= 15 is 0 Å². The zero-order valence-electron chi connectivity index (χ0n) is 20.1. The van der Waals surface area contributed by atoms with Crippen LogP contribution in [0, 0.1) is 12.7 Å². The van der Waals surface area contributed by atoms with Crippen LogP contribution in [0.5, 0.6) is 0 Å². The molecule has 0 radical (unpaired) electrons. The molecule has 0 bridgehead atoms. The Morgan fingerprint density at radius 2 is 1.72 bits per heavy atom. The van der Waals surface area contributed by atoms with Gasteiger partial charge in [-0.1, -0.05) is 48.5 Å². The Morgan fingerprint density at radius 3 is 2.44 bits per heavy atom. The highest BCUT2D eigenvalue weighted by molar-refractivity contribution is 7.89. The lowest BCUT2D eigenvalue weighted by Gasteiger charge is -2.34. The highest BCUT2D eigenvalue weighted by Crippen LogP contribution is 2.33. The predicted molar refractivity (Wildman–Crippen MR) is 138 cm³/mol. The molecule has 5 rings (SSSR count). The number of nitrogens with zero attached hydrogens (tertiary/aromatic N) is 3. The second kappa shape index (κ2) is 10.2. The first kappa shape index (κ1) is 24.2. The molecular weight excluding hydrogens is 475 g/mol. The first-order chi connectivity index (χ1) is 17.4. The lowest BCUT2D eigenvalue weighted by Crippen LogP contribution is -2.43. The molecule has 0 saturated heterocycles. The van der Waals surface area contributed by atoms with E-state index in [1.54, 1.807) is 0 Å². The number of aryl methyl sites for hydroxylation is 2. The molecule has 1 unspecified atom stereocenters. The van der Waals surface area contributed by atoms with Gasteiger partial charge in [-0.25, -0.2) is 17.8 Å². The molecule has 0 amide bonds. The molecule has 1 aliphatic heterocycles. The van der Waals surface area contributed by atoms with Crippen molar-refractivity contribution in [3.63, 3.8) is 0 Å². The van der Waals surface area contributed by atoms with Crippen molar-refractivity contribution < 1.29 is 12.8 Å². The van der Waals surface area contributed by atoms with Crippen molar-refractivity contribution in [3.8, 4) is 0 Å². The summed E-state index contributed by atoms with van der Waals surface area (Å²) in [6.45, 7) is 3.04. The number of sulfonamides is 1. The molecule has 8 heteroatoms. The highest BCUT2D eigenvalue weighted by Gasteiger charge is 2.34. The third kappa shape index (κ3) is 5.20. The van der Waals surface area contributed by atoms with E-state index in [0.29, 0.717) is 13.1 Å². The lowest BCUT2D eigenvalue weighted by molar-refractivity contribution is 0.370. The van der Waals surface area contributed by atoms with Gasteiger partial charge in [0, 0.05) is 31.0 Å². The first-order valence-electron chi connectivity index (χ1n) is 12.1. The Balaban J connectivity index is 1.54. The Labute approximate surface area is 211 Å². The minimum Gasteiger partial charge on any atom is -0.361 e. The van der Waals surface area contributed by atoms with Crippen LogP contribution in [0.3, 0.4) is 0 Å². The van der Waals surface area contributed by atoms with Gasteiger partial charge in [0.1, 0.15) is 11.6 Å². The van der Waals surface area contributed by atoms with Crippen molar-refractivity contribution in [1.82, 2.24) is 14.3 Å². The predicted octanol–water partition coefficient (Wildman–Crippen LogP) is 5.07. The van der Waals surface area contributed by atoms with Gasteiger partial charge in [-0.3, -0.25) is 0 Å². The van der Waals surface area contributed by atoms with Crippen LogP contribution in [0.25, 0.3) is 0 Å². The normalized spacial score (nSPS) is 16.5. The van der Waals surface area contributed by atoms with Gasteiger partial charge in [-0.05, 0) is 61.2 Å². The number of para-hydroxylation sites is 1. The van der Waals surface area contributed by atoms with Crippen LogP contribution in [0.15, 0.2) is 90.0 Å². The van der Waals surface area contributed by atoms with E-state index in [-0.39, 0.29) is 17.5 Å². The van der Waals surface area contributed by atoms with E-state index in [2.05, 4.69) is 33.1 Å². The summed E-state index contributed by atoms with van der Waals surface area (Å²) in [5, 5.41) is 0. The van der Waals surface area contributed by atoms with Crippen molar-refractivity contribution in [2.75, 3.05) is 11.4 Å². The zero-order valence-corrected chi connectivity index (χ0v) is 21.0. The fourth-order valence-electron chi connectivity index (χ4n) is 4.81. The van der Waals surface area contributed by atoms with Crippen molar-refractivity contribution in [3.05, 3.63) is 114 Å². The molecule has 0 fully saturated rings. The summed E-state index contributed by atoms with van der Waals surface area (Å²) in [5.74, 6) is 0.380. The van der Waals surface area contributed by atoms with E-state index in [0.717, 1.165) is 35.6 Å². The molecule has 1 aromatic heterocycles. The molecule has 2 heterocycles. The van der Waals surface area contributed by atoms with Crippen LogP contribution in [-0.2, 0) is 29.5 Å². The second-order valence-electron chi connectivity index (χ2n) is 9.16. The number of imidazole rings is 1. The van der Waals surface area contributed by atoms with E-state index in [1.165, 1.54) is 34.1 Å². The van der Waals surface area contributed by atoms with Gasteiger partial charge in [0.05, 0.1) is 17.1 Å². The maximum Gasteiger partial charge on any atom is 0.243 e. The summed E-state index contributed by atoms with van der Waals surface area (Å²) in [7, 11) is -3.83. The zero-order chi connectivity index (χ0) is 25.1. The SMILES string of the molecule is Cc1nc(CN2c3ccccc3CN(S(=O)(=O)c3ccc(F)cc3)CC2CCc2ccccc2)c[nH]1. The van der Waals surface area contributed by atoms with Crippen molar-refractivity contribution in [2.24, 2.45) is 0 Å². The largest absolute Gasteiger partial charge is 0.361 e. The van der Waals surface area contributed by atoms with E-state index in [4.69, 9.17) is 0 Å².